The number of primary amides is 3. The van der Waals surface area contributed by atoms with Crippen molar-refractivity contribution in [3.63, 3.8) is 0 Å². The summed E-state index contributed by atoms with van der Waals surface area (Å²) >= 11 is 3.41. The minimum atomic E-state index is -2.68. The van der Waals surface area contributed by atoms with E-state index in [-0.39, 0.29) is 95.1 Å². The number of ketones is 6. The summed E-state index contributed by atoms with van der Waals surface area (Å²) in [6.07, 6.45) is 10.9. The number of aliphatic hydroxyl groups is 9. The summed E-state index contributed by atoms with van der Waals surface area (Å²) in [7, 11) is 12.5. The number of aliphatic hydroxyl groups excluding tert-OH is 6. The van der Waals surface area contributed by atoms with Crippen LogP contribution in [0.2, 0.25) is 0 Å². The fourth-order valence-corrected chi connectivity index (χ4v) is 18.4. The van der Waals surface area contributed by atoms with Crippen LogP contribution >= 0.6 is 15.9 Å². The number of fused-ring (bicyclic) bond motifs is 9. The Morgan fingerprint density at radius 2 is 0.687 bits per heavy atom. The molecule has 5 aromatic rings. The van der Waals surface area contributed by atoms with Gasteiger partial charge in [0.2, 0.25) is 23.3 Å². The number of anilines is 1. The topological polar surface area (TPSA) is 531 Å². The first-order chi connectivity index (χ1) is 54.0. The number of carbonyl (C=O) groups is 10. The Morgan fingerprint density at radius 1 is 0.409 bits per heavy atom. The lowest BCUT2D eigenvalue weighted by atomic mass is 9.57. The van der Waals surface area contributed by atoms with E-state index in [0.717, 1.165) is 15.6 Å². The van der Waals surface area contributed by atoms with Crippen molar-refractivity contribution in [2.45, 2.75) is 73.5 Å². The summed E-state index contributed by atoms with van der Waals surface area (Å²) in [6, 6.07) is 20.6. The number of aromatic hydroxyl groups is 3. The molecule has 9 aliphatic rings. The second-order valence-electron chi connectivity index (χ2n) is 30.9. The van der Waals surface area contributed by atoms with Gasteiger partial charge in [0.15, 0.2) is 34.2 Å². The van der Waals surface area contributed by atoms with Gasteiger partial charge in [-0.25, -0.2) is 0 Å². The number of phenolic OH excluding ortho intramolecular Hbond substituents is 3. The van der Waals surface area contributed by atoms with E-state index in [4.69, 9.17) is 22.9 Å². The molecule has 12 atom stereocenters. The molecule has 3 fully saturated rings. The number of hydrogen-bond donors (Lipinski definition) is 16. The van der Waals surface area contributed by atoms with Crippen LogP contribution in [0, 0.1) is 35.5 Å². The Balaban J connectivity index is 0.000000159. The van der Waals surface area contributed by atoms with Crippen molar-refractivity contribution in [3.8, 4) is 17.2 Å². The minimum Gasteiger partial charge on any atom is -0.508 e. The van der Waals surface area contributed by atoms with E-state index in [0.29, 0.717) is 39.1 Å². The summed E-state index contributed by atoms with van der Waals surface area (Å²) in [6.45, 7) is 0. The first-order valence-electron chi connectivity index (χ1n) is 36.3. The fraction of sp³-hybridized carbons (Fsp3) is 0.310. The van der Waals surface area contributed by atoms with E-state index >= 15 is 0 Å². The van der Waals surface area contributed by atoms with Gasteiger partial charge in [-0.1, -0.05) is 82.7 Å². The van der Waals surface area contributed by atoms with Crippen molar-refractivity contribution in [2.24, 2.45) is 52.7 Å². The summed E-state index contributed by atoms with van der Waals surface area (Å²) in [5.74, 6) is -20.8. The average Bonchev–Trinajstić information content (AvgIpc) is 0.709. The van der Waals surface area contributed by atoms with E-state index in [1.807, 2.05) is 60.7 Å². The number of amides is 4. The van der Waals surface area contributed by atoms with Gasteiger partial charge in [-0.2, -0.15) is 0 Å². The molecule has 20 N–H and O–H groups in total. The number of phenols is 3. The molecule has 0 unspecified atom stereocenters. The Morgan fingerprint density at radius 3 is 0.957 bits per heavy atom. The van der Waals surface area contributed by atoms with Crippen LogP contribution in [0.3, 0.4) is 0 Å². The molecule has 31 heteroatoms. The molecule has 115 heavy (non-hydrogen) atoms. The predicted octanol–water partition coefficient (Wildman–Crippen LogP) is 4.68. The zero-order valence-corrected chi connectivity index (χ0v) is 65.0. The smallest absolute Gasteiger partial charge is 0.255 e. The van der Waals surface area contributed by atoms with Crippen LogP contribution in [0.4, 0.5) is 5.69 Å². The number of rotatable bonds is 12. The highest BCUT2D eigenvalue weighted by Gasteiger charge is 2.68. The molecule has 0 aliphatic heterocycles. The van der Waals surface area contributed by atoms with Crippen molar-refractivity contribution < 1.29 is 109 Å². The van der Waals surface area contributed by atoms with Gasteiger partial charge in [-0.15, -0.1) is 0 Å². The molecule has 3 saturated carbocycles. The Bertz CT molecular complexity index is 5200. The van der Waals surface area contributed by atoms with Gasteiger partial charge in [0.05, 0.1) is 34.8 Å². The van der Waals surface area contributed by atoms with Gasteiger partial charge in [0.25, 0.3) is 17.7 Å². The van der Waals surface area contributed by atoms with Crippen LogP contribution in [0.5, 0.6) is 17.2 Å². The third-order valence-corrected chi connectivity index (χ3v) is 24.0. The van der Waals surface area contributed by atoms with Crippen LogP contribution in [-0.2, 0) is 67.2 Å². The van der Waals surface area contributed by atoms with Crippen molar-refractivity contribution in [3.05, 3.63) is 207 Å². The molecule has 0 radical (unpaired) electrons. The molecule has 30 nitrogen and oxygen atoms in total. The second kappa shape index (κ2) is 30.3. The molecule has 0 bridgehead atoms. The molecule has 5 aromatic carbocycles. The number of hydrogen-bond acceptors (Lipinski definition) is 26. The minimum absolute atomic E-state index is 0.0127. The standard InChI is InChI=1S/C29H27BrN2O7.C29H29N3O7.C26H29N3O8/c2*1-32(2)23-18-12-15-11-17-14(6-3-13-4-8-16(30)9-5-13)7-10-19(33)21(17)24(34)20(15)26(36)29(18,39)27(37)22(25(23)35)28(31)38;1-28(2)16(31)8-6-11-5-7-15(30)18-13(11)9-12-10-14-20(29(3)4)22(33)19(25(27)36)24(35)26(14,37)23(34)17(12)21(18)32/h3-10,15,18,23,33-34,37,39H,11-12H2,1-2H3,(H2,31,38);3-10,15,18,23,33-34,37,39H,11-12,30H2,1-2H3,(H2,31,38);5-8,12,14,20,30,32,35,37H,9-10H2,1-4H3,(H2,27,36)/b2*6-3+;8-6+/t2*15-,18-,23-,29-;12-,14-,20-,26-/m000/s1. The number of benzene rings is 5. The van der Waals surface area contributed by atoms with E-state index in [2.05, 4.69) is 15.9 Å². The predicted molar refractivity (Wildman–Crippen MR) is 423 cm³/mol. The summed E-state index contributed by atoms with van der Waals surface area (Å²) in [5.41, 5.74) is 16.8. The highest BCUT2D eigenvalue weighted by atomic mass is 79.9. The van der Waals surface area contributed by atoms with Crippen molar-refractivity contribution in [2.75, 3.05) is 62.1 Å². The number of nitrogens with zero attached hydrogens (tertiary/aromatic N) is 4. The van der Waals surface area contributed by atoms with Gasteiger partial charge in [0.1, 0.15) is 68.5 Å². The number of likely N-dealkylation sites (N-methyl/N-ethyl adjacent to an activating group) is 4. The van der Waals surface area contributed by atoms with Crippen molar-refractivity contribution in [1.29, 1.82) is 0 Å². The molecule has 4 amide bonds. The van der Waals surface area contributed by atoms with E-state index in [9.17, 15) is 109 Å². The highest BCUT2D eigenvalue weighted by Crippen LogP contribution is 2.57. The van der Waals surface area contributed by atoms with Crippen molar-refractivity contribution in [1.82, 2.24) is 19.6 Å². The maximum absolute atomic E-state index is 13.9. The number of Topliss-reactive ketones (excluding diaryl/α,β-unsaturated/α-hetero) is 6. The van der Waals surface area contributed by atoms with Gasteiger partial charge in [-0.3, -0.25) is 62.6 Å². The largest absolute Gasteiger partial charge is 0.508 e. The SMILES string of the molecule is CN(C)C(=O)/C=C/c1ccc(O)c2c1C[C@H]1C[C@H]3[C@H](N(C)C)C(=O)C(C(N)=O)=C(O)[C@@]3(O)C(=O)C1=C2O.CN(C)[C@@H]1C(=O)C(C(N)=O)=C(O)[C@@]2(O)C(=O)C3=C(O)c4c(O)ccc(/C=C/c5ccc(Br)cc5)c4C[C@H]3C[C@@H]12.CN(C)[C@@H]1C(=O)C(C(N)=O)=C(O)[C@@]2(O)C(=O)C3=C(O)c4c(O)ccc(/C=C/c5ccc(N)cc5)c4C[C@H]3C[C@@H]12. The third kappa shape index (κ3) is 13.4. The molecule has 0 spiro atoms. The lowest BCUT2D eigenvalue weighted by Crippen LogP contribution is -2.65. The maximum atomic E-state index is 13.9. The van der Waals surface area contributed by atoms with Gasteiger partial charge in [-0.05, 0) is 192 Å². The monoisotopic (exact) mass is 1640 g/mol. The first-order valence-corrected chi connectivity index (χ1v) is 37.1. The molecular weight excluding hydrogens is 1550 g/mol. The molecule has 600 valence electrons. The molecule has 0 aromatic heterocycles. The Kier molecular flexibility index (Phi) is 21.7. The third-order valence-electron chi connectivity index (χ3n) is 23.5. The Hall–Kier alpha value is -12.1. The van der Waals surface area contributed by atoms with E-state index < -0.39 is 174 Å². The normalized spacial score (nSPS) is 26.9. The van der Waals surface area contributed by atoms with Crippen LogP contribution in [0.1, 0.15) is 80.5 Å². The number of halogens is 1. The number of nitrogens with two attached hydrogens (primary N) is 4. The van der Waals surface area contributed by atoms with Gasteiger partial charge < -0.3 is 89.1 Å². The summed E-state index contributed by atoms with van der Waals surface area (Å²) in [4.78, 5) is 135. The second-order valence-corrected chi connectivity index (χ2v) is 31.8. The molecule has 14 rings (SSSR count). The van der Waals surface area contributed by atoms with Gasteiger partial charge >= 0.3 is 0 Å². The first kappa shape index (κ1) is 82.4. The summed E-state index contributed by atoms with van der Waals surface area (Å²) < 4.78 is 0.937. The lowest BCUT2D eigenvalue weighted by molar-refractivity contribution is -0.155. The van der Waals surface area contributed by atoms with Crippen LogP contribution in [0.15, 0.2) is 146 Å². The summed E-state index contributed by atoms with van der Waals surface area (Å²) in [5, 5.41) is 133. The zero-order valence-electron chi connectivity index (χ0n) is 63.4. The number of nitrogen functional groups attached to an aromatic ring is 1. The van der Waals surface area contributed by atoms with Crippen LogP contribution in [-0.4, -0.2) is 231 Å². The lowest BCUT2D eigenvalue weighted by Gasteiger charge is -2.50. The fourth-order valence-electron chi connectivity index (χ4n) is 18.1. The maximum Gasteiger partial charge on any atom is 0.255 e. The van der Waals surface area contributed by atoms with Gasteiger partial charge in [0, 0.05) is 64.8 Å². The highest BCUT2D eigenvalue weighted by molar-refractivity contribution is 9.10. The quantitative estimate of drug-likeness (QED) is 0.0349. The number of carbonyl (C=O) groups excluding carboxylic acids is 10. The molecule has 0 heterocycles. The Labute approximate surface area is 666 Å². The van der Waals surface area contributed by atoms with Crippen molar-refractivity contribution >= 4 is 128 Å². The molecular formula is C84H85BrN8O22. The zero-order chi connectivity index (χ0) is 84.3. The average molecular weight is 1640 g/mol. The van der Waals surface area contributed by atoms with Crippen LogP contribution < -0.4 is 22.9 Å². The molecule has 0 saturated heterocycles. The van der Waals surface area contributed by atoms with Crippen LogP contribution in [0.25, 0.3) is 47.7 Å². The molecule has 9 aliphatic carbocycles. The van der Waals surface area contributed by atoms with E-state index in [1.165, 1.54) is 58.0 Å². The van der Waals surface area contributed by atoms with E-state index in [1.54, 1.807) is 78.7 Å².